The van der Waals surface area contributed by atoms with Crippen molar-refractivity contribution in [3.05, 3.63) is 35.9 Å². The standard InChI is InChI=1S/C9H6NO3/c11-6-10-8(9(12)13)7-4-2-1-3-5-7/h1-5H,(H,12,13). The lowest BCUT2D eigenvalue weighted by molar-refractivity contribution is -0.129. The SMILES string of the molecule is O=[C]N=C(C(=O)O)c1ccccc1. The largest absolute Gasteiger partial charge is 0.476 e. The van der Waals surface area contributed by atoms with E-state index in [-0.39, 0.29) is 5.71 Å². The normalized spacial score (nSPS) is 10.9. The first-order chi connectivity index (χ1) is 6.25. The lowest BCUT2D eigenvalue weighted by atomic mass is 10.1. The average Bonchev–Trinajstić information content (AvgIpc) is 2.15. The van der Waals surface area contributed by atoms with Crippen molar-refractivity contribution in [2.75, 3.05) is 0 Å². The van der Waals surface area contributed by atoms with Crippen LogP contribution in [0.3, 0.4) is 0 Å². The van der Waals surface area contributed by atoms with Gasteiger partial charge >= 0.3 is 12.4 Å². The van der Waals surface area contributed by atoms with Crippen molar-refractivity contribution in [1.82, 2.24) is 0 Å². The Morgan fingerprint density at radius 2 is 1.92 bits per heavy atom. The summed E-state index contributed by atoms with van der Waals surface area (Å²) in [7, 11) is 0. The molecule has 1 N–H and O–H groups in total. The highest BCUT2D eigenvalue weighted by molar-refractivity contribution is 6.43. The molecule has 0 spiro atoms. The van der Waals surface area contributed by atoms with Gasteiger partial charge in [0.15, 0.2) is 5.71 Å². The molecule has 1 aromatic carbocycles. The van der Waals surface area contributed by atoms with Crippen LogP contribution in [0.2, 0.25) is 0 Å². The molecule has 4 heteroatoms. The number of rotatable bonds is 3. The number of hydrogen-bond donors (Lipinski definition) is 1. The molecular weight excluding hydrogens is 170 g/mol. The number of amides is 1. The van der Waals surface area contributed by atoms with E-state index >= 15 is 0 Å². The Hall–Kier alpha value is -1.97. The van der Waals surface area contributed by atoms with Crippen LogP contribution in [0.5, 0.6) is 0 Å². The zero-order chi connectivity index (χ0) is 9.68. The molecule has 4 nitrogen and oxygen atoms in total. The maximum Gasteiger partial charge on any atom is 0.355 e. The number of nitrogens with zero attached hydrogens (tertiary/aromatic N) is 1. The summed E-state index contributed by atoms with van der Waals surface area (Å²) in [5.74, 6) is -1.24. The van der Waals surface area contributed by atoms with Crippen LogP contribution in [-0.2, 0) is 9.59 Å². The van der Waals surface area contributed by atoms with E-state index in [1.54, 1.807) is 30.3 Å². The molecule has 1 radical (unpaired) electrons. The van der Waals surface area contributed by atoms with Gasteiger partial charge in [-0.2, -0.15) is 4.99 Å². The molecule has 0 aromatic heterocycles. The van der Waals surface area contributed by atoms with Gasteiger partial charge in [-0.25, -0.2) is 4.79 Å². The Kier molecular flexibility index (Phi) is 2.92. The molecule has 0 atom stereocenters. The van der Waals surface area contributed by atoms with E-state index in [0.717, 1.165) is 0 Å². The van der Waals surface area contributed by atoms with Crippen LogP contribution in [0.15, 0.2) is 35.3 Å². The fourth-order valence-corrected chi connectivity index (χ4v) is 0.878. The number of carboxylic acids is 1. The second-order valence-electron chi connectivity index (χ2n) is 2.22. The van der Waals surface area contributed by atoms with Crippen LogP contribution in [0.4, 0.5) is 0 Å². The molecule has 0 bridgehead atoms. The van der Waals surface area contributed by atoms with Gasteiger partial charge in [0.25, 0.3) is 0 Å². The van der Waals surface area contributed by atoms with Gasteiger partial charge in [-0.1, -0.05) is 30.3 Å². The molecular formula is C9H6NO3. The van der Waals surface area contributed by atoms with Crippen molar-refractivity contribution in [3.8, 4) is 0 Å². The van der Waals surface area contributed by atoms with Crippen LogP contribution in [0.25, 0.3) is 0 Å². The molecule has 0 fully saturated rings. The summed E-state index contributed by atoms with van der Waals surface area (Å²) in [5.41, 5.74) is 0.0916. The molecule has 0 aliphatic rings. The Morgan fingerprint density at radius 3 is 2.38 bits per heavy atom. The molecule has 0 saturated carbocycles. The highest BCUT2D eigenvalue weighted by atomic mass is 16.4. The van der Waals surface area contributed by atoms with E-state index in [4.69, 9.17) is 5.11 Å². The smallest absolute Gasteiger partial charge is 0.355 e. The van der Waals surface area contributed by atoms with Crippen molar-refractivity contribution < 1.29 is 14.7 Å². The Bertz CT molecular complexity index is 343. The van der Waals surface area contributed by atoms with Crippen LogP contribution in [0, 0.1) is 0 Å². The van der Waals surface area contributed by atoms with Crippen LogP contribution in [-0.4, -0.2) is 23.2 Å². The molecule has 0 unspecified atom stereocenters. The van der Waals surface area contributed by atoms with E-state index < -0.39 is 5.97 Å². The van der Waals surface area contributed by atoms with Gasteiger partial charge < -0.3 is 5.11 Å². The molecule has 0 heterocycles. The second-order valence-corrected chi connectivity index (χ2v) is 2.22. The summed E-state index contributed by atoms with van der Waals surface area (Å²) in [4.78, 5) is 23.6. The third kappa shape index (κ3) is 2.23. The molecule has 0 aliphatic carbocycles. The first kappa shape index (κ1) is 9.12. The minimum absolute atomic E-state index is 0.296. The van der Waals surface area contributed by atoms with Crippen molar-refractivity contribution >= 4 is 18.1 Å². The lowest BCUT2D eigenvalue weighted by Crippen LogP contribution is -2.14. The fourth-order valence-electron chi connectivity index (χ4n) is 0.878. The zero-order valence-corrected chi connectivity index (χ0v) is 6.60. The maximum atomic E-state index is 10.6. The summed E-state index contributed by atoms with van der Waals surface area (Å²) in [6.07, 6.45) is 1.20. The minimum Gasteiger partial charge on any atom is -0.476 e. The number of carboxylic acid groups (broad SMARTS) is 1. The summed E-state index contributed by atoms with van der Waals surface area (Å²) >= 11 is 0. The Morgan fingerprint density at radius 1 is 1.31 bits per heavy atom. The van der Waals surface area contributed by atoms with Crippen LogP contribution < -0.4 is 0 Å². The lowest BCUT2D eigenvalue weighted by Gasteiger charge is -1.97. The van der Waals surface area contributed by atoms with Gasteiger partial charge in [0.05, 0.1) is 0 Å². The monoisotopic (exact) mass is 176 g/mol. The quantitative estimate of drug-likeness (QED) is 0.686. The highest BCUT2D eigenvalue weighted by Crippen LogP contribution is 2.00. The number of aliphatic carboxylic acids is 1. The Labute approximate surface area is 74.5 Å². The second kappa shape index (κ2) is 4.15. The average molecular weight is 176 g/mol. The number of aliphatic imine (C=N–C) groups is 1. The van der Waals surface area contributed by atoms with E-state index in [0.29, 0.717) is 5.56 Å². The number of carbonyl (C=O) groups excluding carboxylic acids is 1. The van der Waals surface area contributed by atoms with Crippen molar-refractivity contribution in [3.63, 3.8) is 0 Å². The molecule has 1 aromatic rings. The topological polar surface area (TPSA) is 66.7 Å². The van der Waals surface area contributed by atoms with E-state index in [1.807, 2.05) is 0 Å². The summed E-state index contributed by atoms with van der Waals surface area (Å²) in [6.45, 7) is 0. The van der Waals surface area contributed by atoms with Crippen LogP contribution in [0.1, 0.15) is 5.56 Å². The predicted molar refractivity (Wildman–Crippen MR) is 46.3 cm³/mol. The molecule has 0 aliphatic heterocycles. The van der Waals surface area contributed by atoms with Gasteiger partial charge in [-0.3, -0.25) is 4.79 Å². The third-order valence-corrected chi connectivity index (χ3v) is 1.41. The van der Waals surface area contributed by atoms with Gasteiger partial charge in [-0.05, 0) is 0 Å². The number of hydrogen-bond acceptors (Lipinski definition) is 2. The summed E-state index contributed by atoms with van der Waals surface area (Å²) < 4.78 is 0. The highest BCUT2D eigenvalue weighted by Gasteiger charge is 2.10. The fraction of sp³-hybridized carbons (Fsp3) is 0. The van der Waals surface area contributed by atoms with Crippen molar-refractivity contribution in [2.45, 2.75) is 0 Å². The Balaban J connectivity index is 3.10. The molecule has 0 saturated heterocycles. The van der Waals surface area contributed by atoms with Gasteiger partial charge in [0.2, 0.25) is 0 Å². The molecule has 65 valence electrons. The first-order valence-corrected chi connectivity index (χ1v) is 3.49. The minimum atomic E-state index is -1.24. The summed E-state index contributed by atoms with van der Waals surface area (Å²) in [6, 6.07) is 8.19. The molecule has 1 rings (SSSR count). The van der Waals surface area contributed by atoms with Crippen molar-refractivity contribution in [2.24, 2.45) is 4.99 Å². The van der Waals surface area contributed by atoms with Crippen LogP contribution >= 0.6 is 0 Å². The van der Waals surface area contributed by atoms with Gasteiger partial charge in [0, 0.05) is 5.56 Å². The summed E-state index contributed by atoms with van der Waals surface area (Å²) in [5, 5.41) is 8.65. The predicted octanol–water partition coefficient (Wildman–Crippen LogP) is 0.627. The van der Waals surface area contributed by atoms with E-state index in [2.05, 4.69) is 4.99 Å². The van der Waals surface area contributed by atoms with Gasteiger partial charge in [-0.15, -0.1) is 0 Å². The first-order valence-electron chi connectivity index (χ1n) is 3.49. The third-order valence-electron chi connectivity index (χ3n) is 1.41. The molecule has 1 amide bonds. The van der Waals surface area contributed by atoms with E-state index in [1.165, 1.54) is 6.41 Å². The number of carbonyl (C=O) groups is 1. The van der Waals surface area contributed by atoms with Gasteiger partial charge in [0.1, 0.15) is 0 Å². The van der Waals surface area contributed by atoms with E-state index in [9.17, 15) is 9.59 Å². The maximum absolute atomic E-state index is 10.6. The number of benzene rings is 1. The molecule has 13 heavy (non-hydrogen) atoms. The van der Waals surface area contributed by atoms with Crippen molar-refractivity contribution in [1.29, 1.82) is 0 Å². The zero-order valence-electron chi connectivity index (χ0n) is 6.60.